The van der Waals surface area contributed by atoms with Crippen LogP contribution in [0.1, 0.15) is 21.5 Å². The highest BCUT2D eigenvalue weighted by atomic mass is 16.1. The minimum Gasteiger partial charge on any atom is -0.369 e. The fourth-order valence-electron chi connectivity index (χ4n) is 2.99. The topological polar surface area (TPSA) is 95.8 Å². The molecule has 1 aliphatic heterocycles. The number of nitrogens with two attached hydrogens (primary N) is 1. The molecule has 6 nitrogen and oxygen atoms in total. The number of hydrogen-bond acceptors (Lipinski definition) is 4. The van der Waals surface area contributed by atoms with Gasteiger partial charge >= 0.3 is 0 Å². The van der Waals surface area contributed by atoms with Crippen LogP contribution >= 0.6 is 0 Å². The van der Waals surface area contributed by atoms with Crippen LogP contribution in [-0.2, 0) is 13.0 Å². The fraction of sp³-hybridized carbons (Fsp3) is 0.176. The molecule has 0 spiro atoms. The molecule has 0 unspecified atom stereocenters. The second kappa shape index (κ2) is 5.40. The van der Waals surface area contributed by atoms with E-state index in [2.05, 4.69) is 26.7 Å². The maximum absolute atomic E-state index is 12.6. The summed E-state index contributed by atoms with van der Waals surface area (Å²) < 4.78 is 0. The maximum Gasteiger partial charge on any atom is 0.257 e. The third-order valence-electron chi connectivity index (χ3n) is 4.13. The lowest BCUT2D eigenvalue weighted by Gasteiger charge is -2.18. The molecular formula is C17H17N5O. The molecule has 0 atom stereocenters. The molecule has 0 bridgehead atoms. The summed E-state index contributed by atoms with van der Waals surface area (Å²) in [5.74, 6) is 0.123. The molecule has 4 rings (SSSR count). The van der Waals surface area contributed by atoms with Gasteiger partial charge in [-0.25, -0.2) is 4.98 Å². The highest BCUT2D eigenvalue weighted by Gasteiger charge is 2.14. The average Bonchev–Trinajstić information content (AvgIpc) is 2.94. The van der Waals surface area contributed by atoms with Crippen molar-refractivity contribution in [3.05, 3.63) is 53.1 Å². The van der Waals surface area contributed by atoms with Crippen LogP contribution < -0.4 is 16.4 Å². The Morgan fingerprint density at radius 2 is 2.13 bits per heavy atom. The van der Waals surface area contributed by atoms with Crippen LogP contribution in [0.4, 0.5) is 11.6 Å². The van der Waals surface area contributed by atoms with Crippen LogP contribution in [0.25, 0.3) is 11.0 Å². The molecule has 1 amide bonds. The summed E-state index contributed by atoms with van der Waals surface area (Å²) in [5.41, 5.74) is 10.9. The summed E-state index contributed by atoms with van der Waals surface area (Å²) in [4.78, 5) is 19.7. The van der Waals surface area contributed by atoms with Gasteiger partial charge in [0.2, 0.25) is 0 Å². The highest BCUT2D eigenvalue weighted by molar-refractivity contribution is 6.11. The van der Waals surface area contributed by atoms with Crippen molar-refractivity contribution in [2.45, 2.75) is 13.0 Å². The third-order valence-corrected chi connectivity index (χ3v) is 4.13. The summed E-state index contributed by atoms with van der Waals surface area (Å²) >= 11 is 0. The molecule has 1 aliphatic rings. The van der Waals surface area contributed by atoms with Gasteiger partial charge in [-0.15, -0.1) is 0 Å². The SMILES string of the molecule is Nc1nc2c(C(=O)Nc3ccc4c(c3)CCNC4)cccc2[nH]1. The zero-order valence-electron chi connectivity index (χ0n) is 12.5. The van der Waals surface area contributed by atoms with E-state index in [1.807, 2.05) is 24.3 Å². The van der Waals surface area contributed by atoms with E-state index < -0.39 is 0 Å². The molecule has 0 radical (unpaired) electrons. The predicted octanol–water partition coefficient (Wildman–Crippen LogP) is 2.04. The molecule has 23 heavy (non-hydrogen) atoms. The number of carbonyl (C=O) groups excluding carboxylic acids is 1. The first kappa shape index (κ1) is 13.8. The number of benzene rings is 2. The van der Waals surface area contributed by atoms with Gasteiger partial charge in [-0.1, -0.05) is 12.1 Å². The quantitative estimate of drug-likeness (QED) is 0.582. The number of amides is 1. The first-order valence-corrected chi connectivity index (χ1v) is 7.59. The van der Waals surface area contributed by atoms with Crippen LogP contribution in [0.15, 0.2) is 36.4 Å². The number of fused-ring (bicyclic) bond motifs is 2. The zero-order chi connectivity index (χ0) is 15.8. The van der Waals surface area contributed by atoms with Gasteiger partial charge < -0.3 is 21.4 Å². The van der Waals surface area contributed by atoms with Crippen LogP contribution in [0, 0.1) is 0 Å². The second-order valence-corrected chi connectivity index (χ2v) is 5.69. The molecule has 3 aromatic rings. The van der Waals surface area contributed by atoms with Gasteiger partial charge in [-0.2, -0.15) is 0 Å². The number of hydrogen-bond donors (Lipinski definition) is 4. The molecule has 2 aromatic carbocycles. The van der Waals surface area contributed by atoms with Crippen molar-refractivity contribution < 1.29 is 4.79 Å². The number of para-hydroxylation sites is 1. The number of nitrogens with one attached hydrogen (secondary N) is 3. The van der Waals surface area contributed by atoms with Crippen LogP contribution in [0.3, 0.4) is 0 Å². The van der Waals surface area contributed by atoms with E-state index in [-0.39, 0.29) is 5.91 Å². The van der Waals surface area contributed by atoms with Crippen LogP contribution in [-0.4, -0.2) is 22.4 Å². The minimum absolute atomic E-state index is 0.184. The van der Waals surface area contributed by atoms with Gasteiger partial charge in [-0.05, 0) is 48.4 Å². The lowest BCUT2D eigenvalue weighted by Crippen LogP contribution is -2.23. The van der Waals surface area contributed by atoms with Crippen molar-refractivity contribution in [3.63, 3.8) is 0 Å². The van der Waals surface area contributed by atoms with E-state index in [4.69, 9.17) is 5.73 Å². The molecular weight excluding hydrogens is 290 g/mol. The van der Waals surface area contributed by atoms with Crippen LogP contribution in [0.5, 0.6) is 0 Å². The van der Waals surface area contributed by atoms with Crippen LogP contribution in [0.2, 0.25) is 0 Å². The minimum atomic E-state index is -0.184. The van der Waals surface area contributed by atoms with Crippen molar-refractivity contribution in [1.29, 1.82) is 0 Å². The van der Waals surface area contributed by atoms with E-state index in [1.54, 1.807) is 6.07 Å². The Balaban J connectivity index is 1.64. The van der Waals surface area contributed by atoms with E-state index in [0.717, 1.165) is 30.7 Å². The van der Waals surface area contributed by atoms with Crippen molar-refractivity contribution in [2.24, 2.45) is 0 Å². The number of carbonyl (C=O) groups is 1. The zero-order valence-corrected chi connectivity index (χ0v) is 12.5. The Labute approximate surface area is 133 Å². The van der Waals surface area contributed by atoms with E-state index in [1.165, 1.54) is 11.1 Å². The molecule has 0 fully saturated rings. The summed E-state index contributed by atoms with van der Waals surface area (Å²) in [7, 11) is 0. The predicted molar refractivity (Wildman–Crippen MR) is 90.3 cm³/mol. The third kappa shape index (κ3) is 2.53. The Morgan fingerprint density at radius 3 is 3.04 bits per heavy atom. The highest BCUT2D eigenvalue weighted by Crippen LogP contribution is 2.22. The molecule has 1 aromatic heterocycles. The Morgan fingerprint density at radius 1 is 1.22 bits per heavy atom. The average molecular weight is 307 g/mol. The number of aromatic amines is 1. The second-order valence-electron chi connectivity index (χ2n) is 5.69. The first-order valence-electron chi connectivity index (χ1n) is 7.59. The summed E-state index contributed by atoms with van der Waals surface area (Å²) in [5, 5.41) is 6.29. The van der Waals surface area contributed by atoms with Crippen molar-refractivity contribution in [3.8, 4) is 0 Å². The van der Waals surface area contributed by atoms with Gasteiger partial charge in [0, 0.05) is 12.2 Å². The summed E-state index contributed by atoms with van der Waals surface area (Å²) in [6.45, 7) is 1.85. The molecule has 0 saturated heterocycles. The maximum atomic E-state index is 12.6. The monoisotopic (exact) mass is 307 g/mol. The number of nitrogens with zero attached hydrogens (tertiary/aromatic N) is 1. The number of H-pyrrole nitrogens is 1. The molecule has 6 heteroatoms. The van der Waals surface area contributed by atoms with Gasteiger partial charge in [0.05, 0.1) is 11.1 Å². The normalized spacial score (nSPS) is 13.7. The van der Waals surface area contributed by atoms with Gasteiger partial charge in [0.1, 0.15) is 5.52 Å². The van der Waals surface area contributed by atoms with Crippen molar-refractivity contribution in [2.75, 3.05) is 17.6 Å². The van der Waals surface area contributed by atoms with Gasteiger partial charge in [-0.3, -0.25) is 4.79 Å². The first-order chi connectivity index (χ1) is 11.2. The molecule has 116 valence electrons. The standard InChI is InChI=1S/C17H17N5O/c18-17-21-14-3-1-2-13(15(14)22-17)16(23)20-12-5-4-11-9-19-7-6-10(11)8-12/h1-5,8,19H,6-7,9H2,(H,20,23)(H3,18,21,22). The number of aromatic nitrogens is 2. The number of imidazole rings is 1. The van der Waals surface area contributed by atoms with E-state index in [9.17, 15) is 4.79 Å². The lowest BCUT2D eigenvalue weighted by atomic mass is 10.0. The van der Waals surface area contributed by atoms with Crippen molar-refractivity contribution >= 4 is 28.6 Å². The molecule has 0 aliphatic carbocycles. The van der Waals surface area contributed by atoms with Gasteiger partial charge in [0.25, 0.3) is 5.91 Å². The fourth-order valence-corrected chi connectivity index (χ4v) is 2.99. The molecule has 0 saturated carbocycles. The number of anilines is 2. The van der Waals surface area contributed by atoms with Gasteiger partial charge in [0.15, 0.2) is 5.95 Å². The summed E-state index contributed by atoms with van der Waals surface area (Å²) in [6, 6.07) is 11.5. The smallest absolute Gasteiger partial charge is 0.257 e. The number of rotatable bonds is 2. The van der Waals surface area contributed by atoms with E-state index in [0.29, 0.717) is 17.0 Å². The number of nitrogen functional groups attached to an aromatic ring is 1. The van der Waals surface area contributed by atoms with Crippen molar-refractivity contribution in [1.82, 2.24) is 15.3 Å². The Hall–Kier alpha value is -2.86. The largest absolute Gasteiger partial charge is 0.369 e. The summed E-state index contributed by atoms with van der Waals surface area (Å²) in [6.07, 6.45) is 0.977. The lowest BCUT2D eigenvalue weighted by molar-refractivity contribution is 0.102. The molecule has 2 heterocycles. The van der Waals surface area contributed by atoms with E-state index >= 15 is 0 Å². The Kier molecular flexibility index (Phi) is 3.24. The Bertz CT molecular complexity index is 899. The molecule has 5 N–H and O–H groups in total.